The number of anilines is 1. The monoisotopic (exact) mass is 287 g/mol. The Kier molecular flexibility index (Phi) is 4.15. The van der Waals surface area contributed by atoms with Crippen LogP contribution in [-0.2, 0) is 11.2 Å². The van der Waals surface area contributed by atoms with Gasteiger partial charge in [-0.1, -0.05) is 18.2 Å². The van der Waals surface area contributed by atoms with Crippen LogP contribution in [0.1, 0.15) is 18.9 Å². The maximum Gasteiger partial charge on any atom is 0.224 e. The van der Waals surface area contributed by atoms with Crippen molar-refractivity contribution >= 4 is 11.6 Å². The van der Waals surface area contributed by atoms with Crippen molar-refractivity contribution in [2.45, 2.75) is 25.8 Å². The van der Waals surface area contributed by atoms with Gasteiger partial charge in [-0.2, -0.15) is 0 Å². The molecule has 0 radical (unpaired) electrons. The van der Waals surface area contributed by atoms with Gasteiger partial charge in [0.05, 0.1) is 0 Å². The molecule has 21 heavy (non-hydrogen) atoms. The number of hydrogen-bond acceptors (Lipinski definition) is 3. The standard InChI is InChI=1S/C17H25N3O/c1-14-13-15-5-3-4-6-16(15)20(14)8-7-17(21)19-11-9-18(2)10-12-19/h3-6,14H,7-13H2,1-2H3. The van der Waals surface area contributed by atoms with Crippen LogP contribution in [0.15, 0.2) is 24.3 Å². The molecule has 4 heteroatoms. The van der Waals surface area contributed by atoms with Gasteiger partial charge in [0, 0.05) is 50.9 Å². The molecule has 2 heterocycles. The van der Waals surface area contributed by atoms with E-state index in [2.05, 4.69) is 48.0 Å². The summed E-state index contributed by atoms with van der Waals surface area (Å²) in [6.07, 6.45) is 1.72. The molecule has 1 amide bonds. The number of likely N-dealkylation sites (N-methyl/N-ethyl adjacent to an activating group) is 1. The average Bonchev–Trinajstić information content (AvgIpc) is 2.81. The fourth-order valence-electron chi connectivity index (χ4n) is 3.40. The van der Waals surface area contributed by atoms with E-state index >= 15 is 0 Å². The lowest BCUT2D eigenvalue weighted by Gasteiger charge is -2.33. The first-order chi connectivity index (χ1) is 10.1. The summed E-state index contributed by atoms with van der Waals surface area (Å²) in [4.78, 5) is 19.1. The minimum absolute atomic E-state index is 0.305. The van der Waals surface area contributed by atoms with Gasteiger partial charge in [-0.15, -0.1) is 0 Å². The van der Waals surface area contributed by atoms with Gasteiger partial charge in [-0.05, 0) is 32.0 Å². The number of nitrogens with zero attached hydrogens (tertiary/aromatic N) is 3. The van der Waals surface area contributed by atoms with Crippen LogP contribution in [0, 0.1) is 0 Å². The molecule has 1 fully saturated rings. The second-order valence-electron chi connectivity index (χ2n) is 6.31. The molecule has 0 saturated carbocycles. The number of para-hydroxylation sites is 1. The molecule has 2 aliphatic heterocycles. The molecule has 1 atom stereocenters. The summed E-state index contributed by atoms with van der Waals surface area (Å²) in [5.41, 5.74) is 2.73. The maximum atomic E-state index is 12.4. The van der Waals surface area contributed by atoms with E-state index in [1.165, 1.54) is 11.3 Å². The zero-order valence-electron chi connectivity index (χ0n) is 13.1. The SMILES string of the molecule is CC1Cc2ccccc2N1CCC(=O)N1CCN(C)CC1. The van der Waals surface area contributed by atoms with Gasteiger partial charge in [-0.25, -0.2) is 0 Å². The van der Waals surface area contributed by atoms with Crippen molar-refractivity contribution in [2.75, 3.05) is 44.7 Å². The van der Waals surface area contributed by atoms with E-state index in [4.69, 9.17) is 0 Å². The Balaban J connectivity index is 1.57. The van der Waals surface area contributed by atoms with Gasteiger partial charge in [0.15, 0.2) is 0 Å². The molecule has 2 aliphatic rings. The van der Waals surface area contributed by atoms with Crippen LogP contribution in [0.3, 0.4) is 0 Å². The molecule has 0 aliphatic carbocycles. The highest BCUT2D eigenvalue weighted by atomic mass is 16.2. The summed E-state index contributed by atoms with van der Waals surface area (Å²) in [6, 6.07) is 9.08. The van der Waals surface area contributed by atoms with Gasteiger partial charge < -0.3 is 14.7 Å². The van der Waals surface area contributed by atoms with Gasteiger partial charge in [-0.3, -0.25) is 4.79 Å². The third kappa shape index (κ3) is 3.05. The highest BCUT2D eigenvalue weighted by Gasteiger charge is 2.26. The van der Waals surface area contributed by atoms with Crippen LogP contribution >= 0.6 is 0 Å². The Morgan fingerprint density at radius 1 is 1.19 bits per heavy atom. The number of carbonyl (C=O) groups is 1. The molecule has 114 valence electrons. The quantitative estimate of drug-likeness (QED) is 0.845. The number of benzene rings is 1. The van der Waals surface area contributed by atoms with Crippen LogP contribution in [0.4, 0.5) is 5.69 Å². The van der Waals surface area contributed by atoms with Crippen molar-refractivity contribution in [3.8, 4) is 0 Å². The Morgan fingerprint density at radius 2 is 1.90 bits per heavy atom. The lowest BCUT2D eigenvalue weighted by molar-refractivity contribution is -0.132. The highest BCUT2D eigenvalue weighted by Crippen LogP contribution is 2.31. The van der Waals surface area contributed by atoms with Crippen LogP contribution in [0.25, 0.3) is 0 Å². The van der Waals surface area contributed by atoms with Crippen LogP contribution in [0.5, 0.6) is 0 Å². The topological polar surface area (TPSA) is 26.8 Å². The van der Waals surface area contributed by atoms with Gasteiger partial charge >= 0.3 is 0 Å². The number of fused-ring (bicyclic) bond motifs is 1. The molecule has 1 unspecified atom stereocenters. The summed E-state index contributed by atoms with van der Waals surface area (Å²) in [7, 11) is 2.12. The molecule has 1 aromatic carbocycles. The first-order valence-electron chi connectivity index (χ1n) is 7.96. The van der Waals surface area contributed by atoms with Gasteiger partial charge in [0.25, 0.3) is 0 Å². The minimum atomic E-state index is 0.305. The largest absolute Gasteiger partial charge is 0.368 e. The van der Waals surface area contributed by atoms with Crippen molar-refractivity contribution in [1.82, 2.24) is 9.80 Å². The normalized spacial score (nSPS) is 22.5. The second kappa shape index (κ2) is 6.06. The lowest BCUT2D eigenvalue weighted by atomic mass is 10.1. The highest BCUT2D eigenvalue weighted by molar-refractivity contribution is 5.77. The van der Waals surface area contributed by atoms with Crippen LogP contribution in [0.2, 0.25) is 0 Å². The zero-order valence-corrected chi connectivity index (χ0v) is 13.1. The smallest absolute Gasteiger partial charge is 0.224 e. The summed E-state index contributed by atoms with van der Waals surface area (Å²) < 4.78 is 0. The van der Waals surface area contributed by atoms with Crippen LogP contribution < -0.4 is 4.90 Å². The fourth-order valence-corrected chi connectivity index (χ4v) is 3.40. The van der Waals surface area contributed by atoms with Crippen molar-refractivity contribution < 1.29 is 4.79 Å². The molecule has 0 aromatic heterocycles. The van der Waals surface area contributed by atoms with E-state index in [1.807, 2.05) is 4.90 Å². The molecular weight excluding hydrogens is 262 g/mol. The fraction of sp³-hybridized carbons (Fsp3) is 0.588. The maximum absolute atomic E-state index is 12.4. The van der Waals surface area contributed by atoms with E-state index in [9.17, 15) is 4.79 Å². The molecule has 4 nitrogen and oxygen atoms in total. The van der Waals surface area contributed by atoms with E-state index in [0.29, 0.717) is 18.4 Å². The molecular formula is C17H25N3O. The Morgan fingerprint density at radius 3 is 2.67 bits per heavy atom. The van der Waals surface area contributed by atoms with Crippen LogP contribution in [-0.4, -0.2) is 61.5 Å². The van der Waals surface area contributed by atoms with E-state index < -0.39 is 0 Å². The van der Waals surface area contributed by atoms with Crippen molar-refractivity contribution in [3.05, 3.63) is 29.8 Å². The third-order valence-corrected chi connectivity index (χ3v) is 4.77. The minimum Gasteiger partial charge on any atom is -0.368 e. The predicted molar refractivity (Wildman–Crippen MR) is 85.6 cm³/mol. The average molecular weight is 287 g/mol. The van der Waals surface area contributed by atoms with Gasteiger partial charge in [0.2, 0.25) is 5.91 Å². The van der Waals surface area contributed by atoms with Crippen molar-refractivity contribution in [1.29, 1.82) is 0 Å². The summed E-state index contributed by atoms with van der Waals surface area (Å²) in [5.74, 6) is 0.305. The summed E-state index contributed by atoms with van der Waals surface area (Å²) in [5, 5.41) is 0. The third-order valence-electron chi connectivity index (χ3n) is 4.77. The Labute approximate surface area is 127 Å². The molecule has 0 bridgehead atoms. The number of hydrogen-bond donors (Lipinski definition) is 0. The van der Waals surface area contributed by atoms with E-state index in [0.717, 1.165) is 39.1 Å². The molecule has 1 aromatic rings. The summed E-state index contributed by atoms with van der Waals surface area (Å²) >= 11 is 0. The zero-order chi connectivity index (χ0) is 14.8. The predicted octanol–water partition coefficient (Wildman–Crippen LogP) is 1.60. The second-order valence-corrected chi connectivity index (χ2v) is 6.31. The molecule has 0 spiro atoms. The van der Waals surface area contributed by atoms with E-state index in [1.54, 1.807) is 0 Å². The number of amides is 1. The number of rotatable bonds is 3. The first kappa shape index (κ1) is 14.4. The van der Waals surface area contributed by atoms with Crippen molar-refractivity contribution in [2.24, 2.45) is 0 Å². The lowest BCUT2D eigenvalue weighted by Crippen LogP contribution is -2.47. The first-order valence-corrected chi connectivity index (χ1v) is 7.96. The van der Waals surface area contributed by atoms with E-state index in [-0.39, 0.29) is 0 Å². The molecule has 0 N–H and O–H groups in total. The van der Waals surface area contributed by atoms with Crippen molar-refractivity contribution in [3.63, 3.8) is 0 Å². The molecule has 1 saturated heterocycles. The van der Waals surface area contributed by atoms with Gasteiger partial charge in [0.1, 0.15) is 0 Å². The number of carbonyl (C=O) groups excluding carboxylic acids is 1. The molecule has 3 rings (SSSR count). The Bertz CT molecular complexity index is 509. The summed E-state index contributed by atoms with van der Waals surface area (Å²) in [6.45, 7) is 6.83. The number of piperazine rings is 1. The Hall–Kier alpha value is -1.55.